The first-order valence-corrected chi connectivity index (χ1v) is 5.29. The van der Waals surface area contributed by atoms with Crippen LogP contribution in [0.15, 0.2) is 24.3 Å². The van der Waals surface area contributed by atoms with Crippen molar-refractivity contribution in [3.63, 3.8) is 0 Å². The average molecular weight is 191 g/mol. The van der Waals surface area contributed by atoms with E-state index in [4.69, 9.17) is 5.73 Å². The highest BCUT2D eigenvalue weighted by Gasteiger charge is 2.21. The maximum atomic E-state index is 9.57. The van der Waals surface area contributed by atoms with Gasteiger partial charge in [0.25, 0.3) is 0 Å². The van der Waals surface area contributed by atoms with Gasteiger partial charge in [0.15, 0.2) is 0 Å². The minimum Gasteiger partial charge on any atom is -0.399 e. The summed E-state index contributed by atoms with van der Waals surface area (Å²) in [5.74, 6) is 0.527. The zero-order chi connectivity index (χ0) is 9.97. The third kappa shape index (κ3) is 2.07. The molecule has 0 amide bonds. The first-order chi connectivity index (χ1) is 6.75. The van der Waals surface area contributed by atoms with Crippen molar-refractivity contribution < 1.29 is 5.11 Å². The molecule has 3 N–H and O–H groups in total. The Balaban J connectivity index is 2.10. The van der Waals surface area contributed by atoms with Crippen LogP contribution in [0.3, 0.4) is 0 Å². The largest absolute Gasteiger partial charge is 0.399 e. The molecule has 1 aromatic rings. The highest BCUT2D eigenvalue weighted by molar-refractivity contribution is 5.40. The van der Waals surface area contributed by atoms with Crippen LogP contribution >= 0.6 is 0 Å². The SMILES string of the molecule is Nc1ccc(C2CCCC(O)C2)cc1. The van der Waals surface area contributed by atoms with Crippen LogP contribution in [0, 0.1) is 0 Å². The second-order valence-corrected chi connectivity index (χ2v) is 4.18. The van der Waals surface area contributed by atoms with Crippen LogP contribution in [0.5, 0.6) is 0 Å². The highest BCUT2D eigenvalue weighted by Crippen LogP contribution is 2.32. The fraction of sp³-hybridized carbons (Fsp3) is 0.500. The fourth-order valence-electron chi connectivity index (χ4n) is 2.23. The molecule has 1 aromatic carbocycles. The van der Waals surface area contributed by atoms with Gasteiger partial charge in [0.1, 0.15) is 0 Å². The molecule has 0 bridgehead atoms. The summed E-state index contributed by atoms with van der Waals surface area (Å²) in [6.45, 7) is 0. The molecule has 2 rings (SSSR count). The Bertz CT molecular complexity index is 294. The van der Waals surface area contributed by atoms with Crippen molar-refractivity contribution >= 4 is 5.69 Å². The van der Waals surface area contributed by atoms with Crippen molar-refractivity contribution in [3.8, 4) is 0 Å². The topological polar surface area (TPSA) is 46.2 Å². The third-order valence-corrected chi connectivity index (χ3v) is 3.05. The van der Waals surface area contributed by atoms with Gasteiger partial charge in [0.2, 0.25) is 0 Å². The van der Waals surface area contributed by atoms with Crippen LogP contribution in [0.2, 0.25) is 0 Å². The van der Waals surface area contributed by atoms with Crippen LogP contribution in [-0.2, 0) is 0 Å². The molecular weight excluding hydrogens is 174 g/mol. The maximum Gasteiger partial charge on any atom is 0.0546 e. The highest BCUT2D eigenvalue weighted by atomic mass is 16.3. The lowest BCUT2D eigenvalue weighted by Crippen LogP contribution is -2.18. The van der Waals surface area contributed by atoms with Gasteiger partial charge in [-0.1, -0.05) is 18.6 Å². The van der Waals surface area contributed by atoms with E-state index < -0.39 is 0 Å². The zero-order valence-electron chi connectivity index (χ0n) is 8.32. The summed E-state index contributed by atoms with van der Waals surface area (Å²) in [4.78, 5) is 0. The van der Waals surface area contributed by atoms with E-state index in [0.29, 0.717) is 5.92 Å². The third-order valence-electron chi connectivity index (χ3n) is 3.05. The quantitative estimate of drug-likeness (QED) is 0.669. The lowest BCUT2D eigenvalue weighted by Gasteiger charge is -2.26. The van der Waals surface area contributed by atoms with E-state index in [1.807, 2.05) is 12.1 Å². The Hall–Kier alpha value is -1.02. The van der Waals surface area contributed by atoms with Gasteiger partial charge < -0.3 is 10.8 Å². The normalized spacial score (nSPS) is 27.5. The van der Waals surface area contributed by atoms with Gasteiger partial charge in [-0.3, -0.25) is 0 Å². The van der Waals surface area contributed by atoms with Crippen LogP contribution < -0.4 is 5.73 Å². The van der Waals surface area contributed by atoms with Gasteiger partial charge in [-0.25, -0.2) is 0 Å². The van der Waals surface area contributed by atoms with E-state index in [2.05, 4.69) is 12.1 Å². The Kier molecular flexibility index (Phi) is 2.73. The molecule has 0 spiro atoms. The van der Waals surface area contributed by atoms with Crippen LogP contribution in [0.4, 0.5) is 5.69 Å². The molecule has 2 nitrogen and oxygen atoms in total. The Morgan fingerprint density at radius 3 is 2.50 bits per heavy atom. The second-order valence-electron chi connectivity index (χ2n) is 4.18. The molecule has 14 heavy (non-hydrogen) atoms. The van der Waals surface area contributed by atoms with Gasteiger partial charge in [0, 0.05) is 5.69 Å². The Morgan fingerprint density at radius 2 is 1.86 bits per heavy atom. The molecule has 0 radical (unpaired) electrons. The number of hydrogen-bond acceptors (Lipinski definition) is 2. The summed E-state index contributed by atoms with van der Waals surface area (Å²) >= 11 is 0. The van der Waals surface area contributed by atoms with Crippen molar-refractivity contribution in [3.05, 3.63) is 29.8 Å². The molecular formula is C12H17NO. The van der Waals surface area contributed by atoms with Crippen LogP contribution in [0.25, 0.3) is 0 Å². The molecule has 0 aromatic heterocycles. The van der Waals surface area contributed by atoms with Gasteiger partial charge in [-0.15, -0.1) is 0 Å². The van der Waals surface area contributed by atoms with Gasteiger partial charge >= 0.3 is 0 Å². The average Bonchev–Trinajstić information content (AvgIpc) is 2.19. The smallest absolute Gasteiger partial charge is 0.0546 e. The molecule has 1 aliphatic carbocycles. The predicted octanol–water partition coefficient (Wildman–Crippen LogP) is 2.29. The van der Waals surface area contributed by atoms with E-state index in [-0.39, 0.29) is 6.10 Å². The van der Waals surface area contributed by atoms with Crippen molar-refractivity contribution in [1.82, 2.24) is 0 Å². The first kappa shape index (κ1) is 9.53. The molecule has 2 atom stereocenters. The van der Waals surface area contributed by atoms with E-state index in [0.717, 1.165) is 24.9 Å². The summed E-state index contributed by atoms with van der Waals surface area (Å²) in [6.07, 6.45) is 4.10. The minimum absolute atomic E-state index is 0.105. The summed E-state index contributed by atoms with van der Waals surface area (Å²) in [5.41, 5.74) is 7.76. The Morgan fingerprint density at radius 1 is 1.14 bits per heavy atom. The maximum absolute atomic E-state index is 9.57. The number of aliphatic hydroxyl groups excluding tert-OH is 1. The predicted molar refractivity (Wildman–Crippen MR) is 58.1 cm³/mol. The summed E-state index contributed by atoms with van der Waals surface area (Å²) in [7, 11) is 0. The fourth-order valence-corrected chi connectivity index (χ4v) is 2.23. The molecule has 2 unspecified atom stereocenters. The van der Waals surface area contributed by atoms with E-state index >= 15 is 0 Å². The van der Waals surface area contributed by atoms with Crippen LogP contribution in [-0.4, -0.2) is 11.2 Å². The monoisotopic (exact) mass is 191 g/mol. The lowest BCUT2D eigenvalue weighted by molar-refractivity contribution is 0.119. The van der Waals surface area contributed by atoms with Gasteiger partial charge in [0.05, 0.1) is 6.10 Å². The molecule has 0 aliphatic heterocycles. The molecule has 76 valence electrons. The summed E-state index contributed by atoms with van der Waals surface area (Å²) in [5, 5.41) is 9.57. The van der Waals surface area contributed by atoms with E-state index in [1.165, 1.54) is 12.0 Å². The zero-order valence-corrected chi connectivity index (χ0v) is 8.32. The number of anilines is 1. The van der Waals surface area contributed by atoms with E-state index in [9.17, 15) is 5.11 Å². The van der Waals surface area contributed by atoms with Crippen molar-refractivity contribution in [1.29, 1.82) is 0 Å². The minimum atomic E-state index is -0.105. The number of nitrogens with two attached hydrogens (primary N) is 1. The van der Waals surface area contributed by atoms with Crippen LogP contribution in [0.1, 0.15) is 37.2 Å². The number of aliphatic hydroxyl groups is 1. The standard InChI is InChI=1S/C12H17NO/c13-11-6-4-9(5-7-11)10-2-1-3-12(14)8-10/h4-7,10,12,14H,1-3,8,13H2. The molecule has 0 saturated heterocycles. The summed E-state index contributed by atoms with van der Waals surface area (Å²) < 4.78 is 0. The lowest BCUT2D eigenvalue weighted by atomic mass is 9.82. The number of benzene rings is 1. The molecule has 1 aliphatic rings. The molecule has 1 saturated carbocycles. The summed E-state index contributed by atoms with van der Waals surface area (Å²) in [6, 6.07) is 8.04. The molecule has 2 heteroatoms. The number of nitrogen functional groups attached to an aromatic ring is 1. The Labute approximate surface area is 84.7 Å². The number of rotatable bonds is 1. The number of hydrogen-bond donors (Lipinski definition) is 2. The second kappa shape index (κ2) is 4.01. The molecule has 1 fully saturated rings. The first-order valence-electron chi connectivity index (χ1n) is 5.29. The molecule has 0 heterocycles. The van der Waals surface area contributed by atoms with Crippen molar-refractivity contribution in [2.75, 3.05) is 5.73 Å². The van der Waals surface area contributed by atoms with Crippen molar-refractivity contribution in [2.24, 2.45) is 0 Å². The van der Waals surface area contributed by atoms with E-state index in [1.54, 1.807) is 0 Å². The van der Waals surface area contributed by atoms with Gasteiger partial charge in [-0.05, 0) is 42.9 Å². The van der Waals surface area contributed by atoms with Crippen molar-refractivity contribution in [2.45, 2.75) is 37.7 Å². The van der Waals surface area contributed by atoms with Gasteiger partial charge in [-0.2, -0.15) is 0 Å².